The highest BCUT2D eigenvalue weighted by Gasteiger charge is 2.33. The first-order chi connectivity index (χ1) is 16.9. The van der Waals surface area contributed by atoms with E-state index in [1.54, 1.807) is 18.6 Å². The highest BCUT2D eigenvalue weighted by atomic mass is 32.1. The van der Waals surface area contributed by atoms with E-state index in [0.29, 0.717) is 26.4 Å². The van der Waals surface area contributed by atoms with Crippen molar-refractivity contribution in [2.45, 2.75) is 26.8 Å². The Hall–Kier alpha value is -3.65. The molecule has 3 aromatic rings. The first-order valence-electron chi connectivity index (χ1n) is 11.5. The summed E-state index contributed by atoms with van der Waals surface area (Å²) in [4.78, 5) is 33.8. The standard InChI is InChI=1S/C27H29N3O4S/c1-6-29(7-2)20-12-8-18(9-13-20)16-22-25(31)30-24(19-10-14-21(33-4)15-11-19)23(26(32)34-5)17(3)28-27(30)35-22/h8-16,24H,6-7H2,1-5H3/b22-16-/t24-/m1/s1. The van der Waals surface area contributed by atoms with E-state index >= 15 is 0 Å². The lowest BCUT2D eigenvalue weighted by Gasteiger charge is -2.24. The zero-order valence-corrected chi connectivity index (χ0v) is 21.4. The summed E-state index contributed by atoms with van der Waals surface area (Å²) in [6, 6.07) is 14.8. The number of hydrogen-bond donors (Lipinski definition) is 0. The van der Waals surface area contributed by atoms with Crippen LogP contribution in [0.5, 0.6) is 5.75 Å². The topological polar surface area (TPSA) is 73.1 Å². The molecule has 0 amide bonds. The molecule has 182 valence electrons. The average molecular weight is 492 g/mol. The van der Waals surface area contributed by atoms with E-state index in [0.717, 1.165) is 29.9 Å². The number of benzene rings is 2. The van der Waals surface area contributed by atoms with E-state index in [-0.39, 0.29) is 5.56 Å². The summed E-state index contributed by atoms with van der Waals surface area (Å²) >= 11 is 1.31. The summed E-state index contributed by atoms with van der Waals surface area (Å²) in [7, 11) is 2.93. The number of ether oxygens (including phenoxy) is 2. The second-order valence-electron chi connectivity index (χ2n) is 8.11. The zero-order valence-electron chi connectivity index (χ0n) is 20.6. The molecule has 0 fully saturated rings. The van der Waals surface area contributed by atoms with Gasteiger partial charge in [-0.05, 0) is 62.2 Å². The van der Waals surface area contributed by atoms with Crippen LogP contribution in [0.1, 0.15) is 37.9 Å². The lowest BCUT2D eigenvalue weighted by molar-refractivity contribution is -0.136. The number of rotatable bonds is 7. The zero-order chi connectivity index (χ0) is 25.1. The van der Waals surface area contributed by atoms with E-state index in [2.05, 4.69) is 35.9 Å². The molecule has 0 saturated carbocycles. The van der Waals surface area contributed by atoms with Crippen molar-refractivity contribution in [2.24, 2.45) is 4.99 Å². The quantitative estimate of drug-likeness (QED) is 0.475. The Morgan fingerprint density at radius 3 is 2.31 bits per heavy atom. The summed E-state index contributed by atoms with van der Waals surface area (Å²) in [5, 5.41) is 0. The molecule has 2 aromatic carbocycles. The maximum atomic E-state index is 13.6. The fourth-order valence-electron chi connectivity index (χ4n) is 4.32. The molecule has 0 spiro atoms. The lowest BCUT2D eigenvalue weighted by atomic mass is 9.96. The highest BCUT2D eigenvalue weighted by molar-refractivity contribution is 7.07. The summed E-state index contributed by atoms with van der Waals surface area (Å²) in [6.07, 6.45) is 1.87. The lowest BCUT2D eigenvalue weighted by Crippen LogP contribution is -2.39. The van der Waals surface area contributed by atoms with Gasteiger partial charge in [0.2, 0.25) is 0 Å². The molecule has 2 heterocycles. The molecule has 0 radical (unpaired) electrons. The second-order valence-corrected chi connectivity index (χ2v) is 9.12. The Kier molecular flexibility index (Phi) is 7.21. The van der Waals surface area contributed by atoms with Gasteiger partial charge in [0.25, 0.3) is 5.56 Å². The van der Waals surface area contributed by atoms with Gasteiger partial charge in [0.05, 0.1) is 36.1 Å². The minimum absolute atomic E-state index is 0.198. The minimum Gasteiger partial charge on any atom is -0.497 e. The summed E-state index contributed by atoms with van der Waals surface area (Å²) < 4.78 is 12.5. The number of nitrogens with zero attached hydrogens (tertiary/aromatic N) is 3. The van der Waals surface area contributed by atoms with Crippen molar-refractivity contribution in [2.75, 3.05) is 32.2 Å². The van der Waals surface area contributed by atoms with Crippen LogP contribution in [0.25, 0.3) is 6.08 Å². The van der Waals surface area contributed by atoms with Crippen LogP contribution in [0.15, 0.2) is 69.6 Å². The van der Waals surface area contributed by atoms with Gasteiger partial charge >= 0.3 is 5.97 Å². The van der Waals surface area contributed by atoms with Gasteiger partial charge in [-0.15, -0.1) is 0 Å². The fourth-order valence-corrected chi connectivity index (χ4v) is 5.36. The van der Waals surface area contributed by atoms with Crippen molar-refractivity contribution in [3.05, 3.63) is 90.6 Å². The Labute approximate surface area is 208 Å². The predicted octanol–water partition coefficient (Wildman–Crippen LogP) is 3.26. The SMILES string of the molecule is CCN(CC)c1ccc(/C=c2\sc3n(c2=O)[C@H](c2ccc(OC)cc2)C(C(=O)OC)=C(C)N=3)cc1. The van der Waals surface area contributed by atoms with Crippen molar-refractivity contribution in [3.8, 4) is 5.75 Å². The number of fused-ring (bicyclic) bond motifs is 1. The van der Waals surface area contributed by atoms with Gasteiger partial charge in [-0.1, -0.05) is 35.6 Å². The van der Waals surface area contributed by atoms with Gasteiger partial charge in [-0.2, -0.15) is 0 Å². The number of methoxy groups -OCH3 is 2. The van der Waals surface area contributed by atoms with Crippen molar-refractivity contribution in [1.82, 2.24) is 4.57 Å². The molecule has 0 bridgehead atoms. The van der Waals surface area contributed by atoms with E-state index < -0.39 is 12.0 Å². The Morgan fingerprint density at radius 1 is 1.09 bits per heavy atom. The minimum atomic E-state index is -0.642. The molecule has 1 atom stereocenters. The first-order valence-corrected chi connectivity index (χ1v) is 12.3. The number of hydrogen-bond acceptors (Lipinski definition) is 7. The van der Waals surface area contributed by atoms with Crippen molar-refractivity contribution in [1.29, 1.82) is 0 Å². The van der Waals surface area contributed by atoms with E-state index in [1.807, 2.05) is 42.5 Å². The molecule has 1 aliphatic rings. The summed E-state index contributed by atoms with van der Waals surface area (Å²) in [6.45, 7) is 7.89. The van der Waals surface area contributed by atoms with Crippen LogP contribution >= 0.6 is 11.3 Å². The maximum Gasteiger partial charge on any atom is 0.338 e. The number of carbonyl (C=O) groups excluding carboxylic acids is 1. The second kappa shape index (κ2) is 10.3. The average Bonchev–Trinajstić information content (AvgIpc) is 3.18. The molecule has 1 aliphatic heterocycles. The normalized spacial score (nSPS) is 15.5. The fraction of sp³-hybridized carbons (Fsp3) is 0.296. The molecular formula is C27H29N3O4S. The van der Waals surface area contributed by atoms with Crippen LogP contribution in [0.3, 0.4) is 0 Å². The summed E-state index contributed by atoms with van der Waals surface area (Å²) in [5.74, 6) is 0.183. The first kappa shape index (κ1) is 24.5. The van der Waals surface area contributed by atoms with Gasteiger partial charge in [0, 0.05) is 18.8 Å². The monoisotopic (exact) mass is 491 g/mol. The van der Waals surface area contributed by atoms with Crippen molar-refractivity contribution >= 4 is 29.1 Å². The Bertz CT molecular complexity index is 1430. The molecule has 0 N–H and O–H groups in total. The van der Waals surface area contributed by atoms with Gasteiger partial charge < -0.3 is 14.4 Å². The molecule has 1 aromatic heterocycles. The van der Waals surface area contributed by atoms with E-state index in [1.165, 1.54) is 18.4 Å². The van der Waals surface area contributed by atoms with Crippen molar-refractivity contribution in [3.63, 3.8) is 0 Å². The van der Waals surface area contributed by atoms with Crippen LogP contribution in [0.4, 0.5) is 5.69 Å². The number of allylic oxidation sites excluding steroid dienone is 1. The Morgan fingerprint density at radius 2 is 1.74 bits per heavy atom. The molecule has 35 heavy (non-hydrogen) atoms. The molecular weight excluding hydrogens is 462 g/mol. The highest BCUT2D eigenvalue weighted by Crippen LogP contribution is 2.31. The molecule has 0 unspecified atom stereocenters. The maximum absolute atomic E-state index is 13.6. The van der Waals surface area contributed by atoms with Crippen LogP contribution in [-0.2, 0) is 9.53 Å². The number of aromatic nitrogens is 1. The molecule has 8 heteroatoms. The number of carbonyl (C=O) groups is 1. The number of anilines is 1. The van der Waals surface area contributed by atoms with E-state index in [9.17, 15) is 9.59 Å². The van der Waals surface area contributed by atoms with Crippen molar-refractivity contribution < 1.29 is 14.3 Å². The van der Waals surface area contributed by atoms with Gasteiger partial charge in [-0.3, -0.25) is 9.36 Å². The van der Waals surface area contributed by atoms with Crippen LogP contribution in [0.2, 0.25) is 0 Å². The molecule has 0 aliphatic carbocycles. The number of thiazole rings is 1. The smallest absolute Gasteiger partial charge is 0.338 e. The van der Waals surface area contributed by atoms with Crippen LogP contribution in [0, 0.1) is 0 Å². The van der Waals surface area contributed by atoms with Gasteiger partial charge in [-0.25, -0.2) is 9.79 Å². The molecule has 0 saturated heterocycles. The van der Waals surface area contributed by atoms with Gasteiger partial charge in [0.15, 0.2) is 4.80 Å². The van der Waals surface area contributed by atoms with Gasteiger partial charge in [0.1, 0.15) is 5.75 Å². The predicted molar refractivity (Wildman–Crippen MR) is 139 cm³/mol. The van der Waals surface area contributed by atoms with Crippen LogP contribution < -0.4 is 24.5 Å². The molecule has 7 nitrogen and oxygen atoms in total. The van der Waals surface area contributed by atoms with E-state index in [4.69, 9.17) is 9.47 Å². The third kappa shape index (κ3) is 4.66. The third-order valence-electron chi connectivity index (χ3n) is 6.18. The number of esters is 1. The third-order valence-corrected chi connectivity index (χ3v) is 7.16. The summed E-state index contributed by atoms with van der Waals surface area (Å²) in [5.41, 5.74) is 3.53. The molecule has 4 rings (SSSR count). The largest absolute Gasteiger partial charge is 0.497 e. The van der Waals surface area contributed by atoms with Crippen LogP contribution in [-0.4, -0.2) is 37.8 Å². The Balaban J connectivity index is 1.85.